The average molecular weight is 349 g/mol. The maximum atomic E-state index is 12.5. The van der Waals surface area contributed by atoms with Crippen LogP contribution in [-0.2, 0) is 16.1 Å². The topological polar surface area (TPSA) is 108 Å². The lowest BCUT2D eigenvalue weighted by molar-refractivity contribution is -0.137. The molecular weight excluding hydrogens is 326 g/mol. The molecule has 1 atom stereocenters. The number of carboxylic acids is 1. The molecule has 0 bridgehead atoms. The largest absolute Gasteiger partial charge is 0.480 e. The Bertz CT molecular complexity index is 653. The Kier molecular flexibility index (Phi) is 5.20. The quantitative estimate of drug-likeness (QED) is 0.837. The highest BCUT2D eigenvalue weighted by atomic mass is 16.4. The van der Waals surface area contributed by atoms with Crippen molar-refractivity contribution in [1.29, 1.82) is 0 Å². The molecule has 0 saturated carbocycles. The van der Waals surface area contributed by atoms with Crippen molar-refractivity contribution < 1.29 is 19.5 Å². The van der Waals surface area contributed by atoms with E-state index in [2.05, 4.69) is 10.4 Å². The van der Waals surface area contributed by atoms with E-state index in [1.807, 2.05) is 4.90 Å². The molecular formula is C16H23N5O4. The van der Waals surface area contributed by atoms with Gasteiger partial charge in [-0.3, -0.25) is 14.3 Å². The number of rotatable bonds is 4. The number of piperidine rings is 1. The van der Waals surface area contributed by atoms with Crippen LogP contribution in [0.25, 0.3) is 0 Å². The molecule has 1 aromatic heterocycles. The Hall–Kier alpha value is -2.58. The molecule has 3 amide bonds. The van der Waals surface area contributed by atoms with Crippen LogP contribution in [0.3, 0.4) is 0 Å². The molecule has 2 saturated heterocycles. The van der Waals surface area contributed by atoms with E-state index in [0.717, 1.165) is 38.8 Å². The highest BCUT2D eigenvalue weighted by Gasteiger charge is 2.31. The van der Waals surface area contributed by atoms with E-state index in [1.165, 1.54) is 10.9 Å². The molecule has 1 unspecified atom stereocenters. The maximum Gasteiger partial charge on any atom is 0.325 e. The number of anilines is 1. The summed E-state index contributed by atoms with van der Waals surface area (Å²) in [6, 6.07) is 1.59. The molecule has 0 radical (unpaired) electrons. The number of aliphatic carboxylic acids is 1. The monoisotopic (exact) mass is 349 g/mol. The summed E-state index contributed by atoms with van der Waals surface area (Å²) in [5, 5.41) is 15.5. The van der Waals surface area contributed by atoms with Gasteiger partial charge in [-0.05, 0) is 25.7 Å². The first kappa shape index (κ1) is 17.2. The smallest absolute Gasteiger partial charge is 0.325 e. The van der Waals surface area contributed by atoms with E-state index in [9.17, 15) is 14.4 Å². The summed E-state index contributed by atoms with van der Waals surface area (Å²) in [6.07, 6.45) is 5.12. The lowest BCUT2D eigenvalue weighted by Gasteiger charge is -2.34. The van der Waals surface area contributed by atoms with Gasteiger partial charge in [0.05, 0.1) is 5.92 Å². The van der Waals surface area contributed by atoms with E-state index < -0.39 is 5.97 Å². The van der Waals surface area contributed by atoms with Crippen LogP contribution in [-0.4, -0.2) is 68.8 Å². The molecule has 0 aliphatic carbocycles. The second-order valence-electron chi connectivity index (χ2n) is 6.54. The predicted octanol–water partition coefficient (Wildman–Crippen LogP) is 0.834. The zero-order valence-electron chi connectivity index (χ0n) is 14.1. The third kappa shape index (κ3) is 4.28. The van der Waals surface area contributed by atoms with Crippen molar-refractivity contribution in [1.82, 2.24) is 19.6 Å². The second-order valence-corrected chi connectivity index (χ2v) is 6.54. The van der Waals surface area contributed by atoms with Crippen molar-refractivity contribution in [3.63, 3.8) is 0 Å². The van der Waals surface area contributed by atoms with Crippen molar-refractivity contribution in [2.24, 2.45) is 5.92 Å². The summed E-state index contributed by atoms with van der Waals surface area (Å²) >= 11 is 0. The zero-order valence-corrected chi connectivity index (χ0v) is 14.1. The molecule has 136 valence electrons. The molecule has 3 rings (SSSR count). The second kappa shape index (κ2) is 7.54. The minimum Gasteiger partial charge on any atom is -0.480 e. The number of carbonyl (C=O) groups is 3. The summed E-state index contributed by atoms with van der Waals surface area (Å²) in [5.41, 5.74) is 0. The number of likely N-dealkylation sites (tertiary alicyclic amines) is 2. The minimum atomic E-state index is -0.996. The minimum absolute atomic E-state index is 0.0285. The molecule has 2 aliphatic rings. The molecule has 0 spiro atoms. The fourth-order valence-corrected chi connectivity index (χ4v) is 3.36. The van der Waals surface area contributed by atoms with Crippen LogP contribution >= 0.6 is 0 Å². The Morgan fingerprint density at radius 2 is 1.88 bits per heavy atom. The molecule has 2 fully saturated rings. The number of carboxylic acid groups (broad SMARTS) is 1. The maximum absolute atomic E-state index is 12.5. The summed E-state index contributed by atoms with van der Waals surface area (Å²) in [6.45, 7) is 2.45. The van der Waals surface area contributed by atoms with Crippen molar-refractivity contribution in [3.05, 3.63) is 12.3 Å². The standard InChI is InChI=1S/C16H23N5O4/c22-14(23)11-21-9-5-13(18-21)17-15(24)12-4-3-8-20(10-12)16(25)19-6-1-2-7-19/h5,9,12H,1-4,6-8,10-11H2,(H,22,23)(H,17,18,24). The molecule has 0 aromatic carbocycles. The van der Waals surface area contributed by atoms with Gasteiger partial charge in [-0.15, -0.1) is 0 Å². The van der Waals surface area contributed by atoms with E-state index in [4.69, 9.17) is 5.11 Å². The number of nitrogens with one attached hydrogen (secondary N) is 1. The third-order valence-electron chi connectivity index (χ3n) is 4.63. The van der Waals surface area contributed by atoms with Gasteiger partial charge >= 0.3 is 12.0 Å². The van der Waals surface area contributed by atoms with E-state index in [-0.39, 0.29) is 24.4 Å². The lowest BCUT2D eigenvalue weighted by atomic mass is 9.97. The number of carbonyl (C=O) groups excluding carboxylic acids is 2. The van der Waals surface area contributed by atoms with E-state index >= 15 is 0 Å². The van der Waals surface area contributed by atoms with E-state index in [1.54, 1.807) is 11.0 Å². The number of hydrogen-bond acceptors (Lipinski definition) is 4. The van der Waals surface area contributed by atoms with Crippen molar-refractivity contribution in [2.45, 2.75) is 32.2 Å². The molecule has 2 aliphatic heterocycles. The van der Waals surface area contributed by atoms with Crippen LogP contribution in [0.1, 0.15) is 25.7 Å². The van der Waals surface area contributed by atoms with Gasteiger partial charge in [-0.2, -0.15) is 5.10 Å². The van der Waals surface area contributed by atoms with Crippen LogP contribution in [0.15, 0.2) is 12.3 Å². The first-order valence-electron chi connectivity index (χ1n) is 8.63. The Balaban J connectivity index is 1.55. The number of nitrogens with zero attached hydrogens (tertiary/aromatic N) is 4. The third-order valence-corrected chi connectivity index (χ3v) is 4.63. The van der Waals surface area contributed by atoms with Gasteiger partial charge in [0.25, 0.3) is 0 Å². The Morgan fingerprint density at radius 3 is 2.60 bits per heavy atom. The lowest BCUT2D eigenvalue weighted by Crippen LogP contribution is -2.48. The van der Waals surface area contributed by atoms with Crippen LogP contribution in [0.5, 0.6) is 0 Å². The van der Waals surface area contributed by atoms with Crippen LogP contribution in [0.2, 0.25) is 0 Å². The number of urea groups is 1. The van der Waals surface area contributed by atoms with Crippen LogP contribution < -0.4 is 5.32 Å². The molecule has 9 nitrogen and oxygen atoms in total. The van der Waals surface area contributed by atoms with Gasteiger partial charge in [0.2, 0.25) is 5.91 Å². The fourth-order valence-electron chi connectivity index (χ4n) is 3.36. The summed E-state index contributed by atoms with van der Waals surface area (Å²) < 4.78 is 1.25. The predicted molar refractivity (Wildman–Crippen MR) is 89.0 cm³/mol. The average Bonchev–Trinajstić information content (AvgIpc) is 3.26. The van der Waals surface area contributed by atoms with Crippen molar-refractivity contribution in [3.8, 4) is 0 Å². The van der Waals surface area contributed by atoms with E-state index in [0.29, 0.717) is 18.9 Å². The van der Waals surface area contributed by atoms with Crippen molar-refractivity contribution in [2.75, 3.05) is 31.5 Å². The first-order valence-corrected chi connectivity index (χ1v) is 8.63. The summed E-state index contributed by atoms with van der Waals surface area (Å²) in [4.78, 5) is 39.2. The highest BCUT2D eigenvalue weighted by Crippen LogP contribution is 2.21. The van der Waals surface area contributed by atoms with Gasteiger partial charge < -0.3 is 20.2 Å². The molecule has 25 heavy (non-hydrogen) atoms. The summed E-state index contributed by atoms with van der Waals surface area (Å²) in [5.74, 6) is -1.12. The number of amides is 3. The molecule has 1 aromatic rings. The molecule has 9 heteroatoms. The molecule has 3 heterocycles. The SMILES string of the molecule is O=C(O)Cn1ccc(NC(=O)C2CCCN(C(=O)N3CCCC3)C2)n1. The van der Waals surface area contributed by atoms with Gasteiger partial charge in [0.1, 0.15) is 6.54 Å². The number of hydrogen-bond donors (Lipinski definition) is 2. The first-order chi connectivity index (χ1) is 12.0. The summed E-state index contributed by atoms with van der Waals surface area (Å²) in [7, 11) is 0. The van der Waals surface area contributed by atoms with Crippen LogP contribution in [0.4, 0.5) is 10.6 Å². The highest BCUT2D eigenvalue weighted by molar-refractivity contribution is 5.92. The zero-order chi connectivity index (χ0) is 17.8. The molecule has 2 N–H and O–H groups in total. The fraction of sp³-hybridized carbons (Fsp3) is 0.625. The normalized spacial score (nSPS) is 20.6. The van der Waals surface area contributed by atoms with Gasteiger partial charge in [0, 0.05) is 38.4 Å². The van der Waals surface area contributed by atoms with Crippen molar-refractivity contribution >= 4 is 23.7 Å². The Morgan fingerprint density at radius 1 is 1.16 bits per heavy atom. The number of aromatic nitrogens is 2. The van der Waals surface area contributed by atoms with Crippen LogP contribution in [0, 0.1) is 5.92 Å². The van der Waals surface area contributed by atoms with Gasteiger partial charge in [0.15, 0.2) is 5.82 Å². The van der Waals surface area contributed by atoms with Gasteiger partial charge in [-0.1, -0.05) is 0 Å². The van der Waals surface area contributed by atoms with Gasteiger partial charge in [-0.25, -0.2) is 4.79 Å². The Labute approximate surface area is 145 Å².